The van der Waals surface area contributed by atoms with Gasteiger partial charge in [-0.1, -0.05) is 30.3 Å². The maximum absolute atomic E-state index is 13.5. The van der Waals surface area contributed by atoms with Gasteiger partial charge in [-0.2, -0.15) is 13.2 Å². The monoisotopic (exact) mass is 450 g/mol. The fourth-order valence-electron chi connectivity index (χ4n) is 4.12. The predicted octanol–water partition coefficient (Wildman–Crippen LogP) is 4.82. The van der Waals surface area contributed by atoms with Crippen molar-refractivity contribution in [1.82, 2.24) is 19.9 Å². The molecule has 33 heavy (non-hydrogen) atoms. The lowest BCUT2D eigenvalue weighted by molar-refractivity contribution is -0.140. The van der Waals surface area contributed by atoms with Gasteiger partial charge in [0.15, 0.2) is 0 Å². The first kappa shape index (κ1) is 21.1. The number of halogens is 3. The van der Waals surface area contributed by atoms with Gasteiger partial charge in [-0.25, -0.2) is 19.9 Å². The van der Waals surface area contributed by atoms with Crippen molar-refractivity contribution in [2.45, 2.75) is 12.6 Å². The number of alkyl halides is 3. The normalized spacial score (nSPS) is 15.0. The molecule has 1 aromatic carbocycles. The molecule has 1 aliphatic rings. The summed E-state index contributed by atoms with van der Waals surface area (Å²) in [6.07, 6.45) is 1.38. The van der Waals surface area contributed by atoms with E-state index in [9.17, 15) is 13.2 Å². The maximum Gasteiger partial charge on any atom is 0.433 e. The first-order valence-corrected chi connectivity index (χ1v) is 10.7. The van der Waals surface area contributed by atoms with Crippen molar-refractivity contribution >= 4 is 22.7 Å². The van der Waals surface area contributed by atoms with Gasteiger partial charge in [-0.05, 0) is 30.2 Å². The summed E-state index contributed by atoms with van der Waals surface area (Å²) in [6.45, 7) is 2.84. The van der Waals surface area contributed by atoms with Crippen LogP contribution in [0.5, 0.6) is 0 Å². The highest BCUT2D eigenvalue weighted by molar-refractivity contribution is 5.99. The van der Waals surface area contributed by atoms with Gasteiger partial charge in [-0.15, -0.1) is 0 Å². The van der Waals surface area contributed by atoms with Crippen LogP contribution in [0.3, 0.4) is 0 Å². The standard InChI is InChI=1S/C24H21F3N6/c25-24(26,27)20-9-8-18-21(31-20)19(17-6-2-1-3-7-17)16-30-22(18)32-12-5-13-33(15-14-32)23-28-10-4-11-29-23/h1-4,6-11,16H,5,12-15H2. The summed E-state index contributed by atoms with van der Waals surface area (Å²) < 4.78 is 40.4. The van der Waals surface area contributed by atoms with Crippen molar-refractivity contribution in [3.8, 4) is 11.1 Å². The Labute approximate surface area is 188 Å². The zero-order valence-corrected chi connectivity index (χ0v) is 17.7. The van der Waals surface area contributed by atoms with E-state index in [1.165, 1.54) is 6.07 Å². The van der Waals surface area contributed by atoms with E-state index in [0.29, 0.717) is 41.3 Å². The molecular formula is C24H21F3N6. The lowest BCUT2D eigenvalue weighted by Crippen LogP contribution is -2.32. The van der Waals surface area contributed by atoms with Crippen molar-refractivity contribution in [1.29, 1.82) is 0 Å². The maximum atomic E-state index is 13.5. The van der Waals surface area contributed by atoms with E-state index in [4.69, 9.17) is 4.98 Å². The molecular weight excluding hydrogens is 429 g/mol. The van der Waals surface area contributed by atoms with Gasteiger partial charge in [0.05, 0.1) is 5.52 Å². The van der Waals surface area contributed by atoms with E-state index >= 15 is 0 Å². The van der Waals surface area contributed by atoms with Crippen LogP contribution in [0.1, 0.15) is 12.1 Å². The molecule has 0 bridgehead atoms. The van der Waals surface area contributed by atoms with Crippen LogP contribution in [0.15, 0.2) is 67.1 Å². The van der Waals surface area contributed by atoms with E-state index in [0.717, 1.165) is 31.1 Å². The molecule has 0 aliphatic carbocycles. The lowest BCUT2D eigenvalue weighted by atomic mass is 10.0. The molecule has 0 N–H and O–H groups in total. The Kier molecular flexibility index (Phi) is 5.53. The summed E-state index contributed by atoms with van der Waals surface area (Å²) in [7, 11) is 0. The number of hydrogen-bond acceptors (Lipinski definition) is 6. The molecule has 0 unspecified atom stereocenters. The summed E-state index contributed by atoms with van der Waals surface area (Å²) in [5.74, 6) is 1.31. The SMILES string of the molecule is FC(F)(F)c1ccc2c(N3CCCN(c4ncccn4)CC3)ncc(-c3ccccc3)c2n1. The van der Waals surface area contributed by atoms with Crippen LogP contribution in [-0.4, -0.2) is 46.1 Å². The smallest absolute Gasteiger partial charge is 0.354 e. The Morgan fingerprint density at radius 2 is 1.48 bits per heavy atom. The second-order valence-electron chi connectivity index (χ2n) is 7.83. The second-order valence-corrected chi connectivity index (χ2v) is 7.83. The molecule has 0 atom stereocenters. The largest absolute Gasteiger partial charge is 0.433 e. The van der Waals surface area contributed by atoms with Gasteiger partial charge >= 0.3 is 6.18 Å². The minimum Gasteiger partial charge on any atom is -0.354 e. The number of nitrogens with zero attached hydrogens (tertiary/aromatic N) is 6. The number of aromatic nitrogens is 4. The number of benzene rings is 1. The number of pyridine rings is 2. The lowest BCUT2D eigenvalue weighted by Gasteiger charge is -2.24. The van der Waals surface area contributed by atoms with Gasteiger partial charge in [0.2, 0.25) is 5.95 Å². The van der Waals surface area contributed by atoms with Crippen molar-refractivity contribution in [2.75, 3.05) is 36.0 Å². The van der Waals surface area contributed by atoms with E-state index in [1.807, 2.05) is 30.3 Å². The average molecular weight is 450 g/mol. The molecule has 0 radical (unpaired) electrons. The van der Waals surface area contributed by atoms with Crippen LogP contribution in [0.25, 0.3) is 22.0 Å². The van der Waals surface area contributed by atoms with E-state index in [-0.39, 0.29) is 0 Å². The molecule has 0 saturated carbocycles. The summed E-state index contributed by atoms with van der Waals surface area (Å²) >= 11 is 0. The molecule has 1 aliphatic heterocycles. The predicted molar refractivity (Wildman–Crippen MR) is 121 cm³/mol. The Morgan fingerprint density at radius 1 is 0.758 bits per heavy atom. The highest BCUT2D eigenvalue weighted by Gasteiger charge is 2.33. The van der Waals surface area contributed by atoms with Crippen molar-refractivity contribution in [3.63, 3.8) is 0 Å². The van der Waals surface area contributed by atoms with E-state index in [2.05, 4.69) is 24.8 Å². The summed E-state index contributed by atoms with van der Waals surface area (Å²) in [4.78, 5) is 21.6. The third kappa shape index (κ3) is 4.30. The fourth-order valence-corrected chi connectivity index (χ4v) is 4.12. The van der Waals surface area contributed by atoms with Crippen LogP contribution >= 0.6 is 0 Å². The molecule has 9 heteroatoms. The van der Waals surface area contributed by atoms with Crippen LogP contribution < -0.4 is 9.80 Å². The summed E-state index contributed by atoms with van der Waals surface area (Å²) in [5.41, 5.74) is 0.743. The Balaban J connectivity index is 1.55. The fraction of sp³-hybridized carbons (Fsp3) is 0.250. The van der Waals surface area contributed by atoms with Crippen LogP contribution in [0, 0.1) is 0 Å². The van der Waals surface area contributed by atoms with Crippen molar-refractivity contribution < 1.29 is 13.2 Å². The number of hydrogen-bond donors (Lipinski definition) is 0. The molecule has 0 spiro atoms. The molecule has 1 fully saturated rings. The van der Waals surface area contributed by atoms with Crippen molar-refractivity contribution in [2.24, 2.45) is 0 Å². The zero-order valence-electron chi connectivity index (χ0n) is 17.7. The Morgan fingerprint density at radius 3 is 2.24 bits per heavy atom. The van der Waals surface area contributed by atoms with Crippen LogP contribution in [0.4, 0.5) is 24.9 Å². The van der Waals surface area contributed by atoms with Gasteiger partial charge in [-0.3, -0.25) is 0 Å². The van der Waals surface area contributed by atoms with Crippen molar-refractivity contribution in [3.05, 3.63) is 72.8 Å². The minimum absolute atomic E-state index is 0.300. The molecule has 6 nitrogen and oxygen atoms in total. The first-order chi connectivity index (χ1) is 16.0. The second kappa shape index (κ2) is 8.65. The molecule has 168 valence electrons. The first-order valence-electron chi connectivity index (χ1n) is 10.7. The van der Waals surface area contributed by atoms with Crippen LogP contribution in [-0.2, 0) is 6.18 Å². The van der Waals surface area contributed by atoms with Crippen LogP contribution in [0.2, 0.25) is 0 Å². The van der Waals surface area contributed by atoms with E-state index < -0.39 is 11.9 Å². The molecule has 1 saturated heterocycles. The van der Waals surface area contributed by atoms with Gasteiger partial charge in [0, 0.05) is 55.7 Å². The molecule has 3 aromatic heterocycles. The number of anilines is 2. The van der Waals surface area contributed by atoms with E-state index in [1.54, 1.807) is 24.7 Å². The average Bonchev–Trinajstić information content (AvgIpc) is 3.10. The molecule has 5 rings (SSSR count). The highest BCUT2D eigenvalue weighted by atomic mass is 19.4. The Bertz CT molecular complexity index is 1250. The zero-order chi connectivity index (χ0) is 22.8. The third-order valence-electron chi connectivity index (χ3n) is 5.71. The Hall–Kier alpha value is -3.75. The minimum atomic E-state index is -4.52. The number of fused-ring (bicyclic) bond motifs is 1. The number of rotatable bonds is 3. The topological polar surface area (TPSA) is 58.0 Å². The molecule has 0 amide bonds. The third-order valence-corrected chi connectivity index (χ3v) is 5.71. The van der Waals surface area contributed by atoms with Gasteiger partial charge < -0.3 is 9.80 Å². The molecule has 4 heterocycles. The highest BCUT2D eigenvalue weighted by Crippen LogP contribution is 2.36. The summed E-state index contributed by atoms with van der Waals surface area (Å²) in [5, 5.41) is 0.605. The summed E-state index contributed by atoms with van der Waals surface area (Å²) in [6, 6.07) is 13.5. The quantitative estimate of drug-likeness (QED) is 0.446. The van der Waals surface area contributed by atoms with Gasteiger partial charge in [0.25, 0.3) is 0 Å². The molecule has 4 aromatic rings. The van der Waals surface area contributed by atoms with Gasteiger partial charge in [0.1, 0.15) is 11.5 Å².